The number of carbonyl (C=O) groups is 2. The summed E-state index contributed by atoms with van der Waals surface area (Å²) in [6.07, 6.45) is 108. The Hall–Kier alpha value is -3.33. The highest BCUT2D eigenvalue weighted by molar-refractivity contribution is 7.47. The summed E-state index contributed by atoms with van der Waals surface area (Å²) in [7, 11) is 1.48. The average molecular weight is 1360 g/mol. The number of quaternary nitrogens is 1. The van der Waals surface area contributed by atoms with E-state index in [1.807, 2.05) is 21.1 Å². The standard InChI is InChI=1S/C86H154NO8P/c1-6-8-10-12-14-16-18-20-22-24-26-28-30-32-34-36-38-40-42-43-45-47-49-51-53-55-57-59-61-63-65-67-69-71-73-75-77-79-86(89)95-84(83-94-96(90,91)93-81-80-87(3,4)5)82-92-85(88)78-76-74-72-70-68-66-64-62-60-58-56-54-52-50-48-46-44-41-39-37-35-33-31-29-27-25-23-21-19-17-15-13-11-9-7-2/h8,10,14,16,20,22,25-28,32,34,38,40,43,45,49,51,84H,6-7,9,11-13,15,17-19,21,23-24,29-31,33,35-37,39,41-42,44,46-48,50,52-83H2,1-5H3/p+1/b10-8-,16-14-,22-20-,27-25-,28-26-,34-32-,40-38-,45-43-,51-49-. The fourth-order valence-corrected chi connectivity index (χ4v) is 12.4. The van der Waals surface area contributed by atoms with E-state index in [1.54, 1.807) is 0 Å². The maximum Gasteiger partial charge on any atom is 0.472 e. The van der Waals surface area contributed by atoms with Crippen molar-refractivity contribution in [3.8, 4) is 0 Å². The molecule has 2 unspecified atom stereocenters. The molecule has 0 heterocycles. The minimum absolute atomic E-state index is 0.0293. The Morgan fingerprint density at radius 3 is 0.896 bits per heavy atom. The van der Waals surface area contributed by atoms with Crippen LogP contribution in [-0.2, 0) is 32.7 Å². The molecule has 0 rings (SSSR count). The first-order chi connectivity index (χ1) is 47.0. The predicted molar refractivity (Wildman–Crippen MR) is 418 cm³/mol. The molecule has 556 valence electrons. The number of unbranched alkanes of at least 4 members (excludes halogenated alkanes) is 43. The molecule has 0 aromatic rings. The van der Waals surface area contributed by atoms with E-state index >= 15 is 0 Å². The van der Waals surface area contributed by atoms with Crippen molar-refractivity contribution in [2.45, 2.75) is 380 Å². The van der Waals surface area contributed by atoms with Crippen molar-refractivity contribution in [1.82, 2.24) is 0 Å². The molecule has 0 aliphatic heterocycles. The largest absolute Gasteiger partial charge is 0.472 e. The number of nitrogens with zero attached hydrogens (tertiary/aromatic N) is 1. The lowest BCUT2D eigenvalue weighted by atomic mass is 10.0. The highest BCUT2D eigenvalue weighted by atomic mass is 31.2. The van der Waals surface area contributed by atoms with Crippen LogP contribution in [0.25, 0.3) is 0 Å². The van der Waals surface area contributed by atoms with Crippen LogP contribution in [0.15, 0.2) is 109 Å². The van der Waals surface area contributed by atoms with Crippen molar-refractivity contribution >= 4 is 19.8 Å². The van der Waals surface area contributed by atoms with E-state index in [4.69, 9.17) is 18.5 Å². The molecule has 1 N–H and O–H groups in total. The zero-order valence-corrected chi connectivity index (χ0v) is 64.5. The van der Waals surface area contributed by atoms with Gasteiger partial charge in [-0.3, -0.25) is 18.6 Å². The highest BCUT2D eigenvalue weighted by Gasteiger charge is 2.27. The van der Waals surface area contributed by atoms with Gasteiger partial charge in [-0.25, -0.2) is 4.57 Å². The molecule has 0 aliphatic carbocycles. The monoisotopic (exact) mass is 1360 g/mol. The molecule has 0 aromatic carbocycles. The molecule has 96 heavy (non-hydrogen) atoms. The molecule has 2 atom stereocenters. The number of rotatable bonds is 75. The fourth-order valence-electron chi connectivity index (χ4n) is 11.6. The van der Waals surface area contributed by atoms with Gasteiger partial charge in [0, 0.05) is 12.8 Å². The molecule has 0 amide bonds. The van der Waals surface area contributed by atoms with Gasteiger partial charge >= 0.3 is 19.8 Å². The van der Waals surface area contributed by atoms with Gasteiger partial charge in [0.1, 0.15) is 19.8 Å². The smallest absolute Gasteiger partial charge is 0.462 e. The Morgan fingerprint density at radius 2 is 0.594 bits per heavy atom. The molecular weight excluding hydrogens is 1210 g/mol. The lowest BCUT2D eigenvalue weighted by Crippen LogP contribution is -2.37. The quantitative estimate of drug-likeness (QED) is 0.0211. The zero-order chi connectivity index (χ0) is 69.7. The lowest BCUT2D eigenvalue weighted by molar-refractivity contribution is -0.870. The third-order valence-electron chi connectivity index (χ3n) is 17.8. The number of hydrogen-bond donors (Lipinski definition) is 1. The van der Waals surface area contributed by atoms with Crippen LogP contribution in [-0.4, -0.2) is 74.9 Å². The minimum atomic E-state index is -4.40. The van der Waals surface area contributed by atoms with Gasteiger partial charge in [-0.05, 0) is 103 Å². The molecule has 0 spiro atoms. The van der Waals surface area contributed by atoms with Crippen molar-refractivity contribution in [1.29, 1.82) is 0 Å². The van der Waals surface area contributed by atoms with E-state index in [0.29, 0.717) is 17.4 Å². The van der Waals surface area contributed by atoms with Crippen molar-refractivity contribution in [2.75, 3.05) is 47.5 Å². The summed E-state index contributed by atoms with van der Waals surface area (Å²) in [4.78, 5) is 36.0. The van der Waals surface area contributed by atoms with Gasteiger partial charge in [0.2, 0.25) is 0 Å². The molecule has 0 saturated carbocycles. The Morgan fingerprint density at radius 1 is 0.333 bits per heavy atom. The second-order valence-electron chi connectivity index (χ2n) is 28.4. The van der Waals surface area contributed by atoms with E-state index < -0.39 is 26.5 Å². The van der Waals surface area contributed by atoms with E-state index in [0.717, 1.165) is 89.9 Å². The van der Waals surface area contributed by atoms with Crippen LogP contribution in [0.3, 0.4) is 0 Å². The molecule has 0 saturated heterocycles. The third kappa shape index (κ3) is 79.7. The van der Waals surface area contributed by atoms with Crippen LogP contribution in [0.1, 0.15) is 373 Å². The average Bonchev–Trinajstić information content (AvgIpc) is 2.72. The first kappa shape index (κ1) is 92.7. The Balaban J connectivity index is 3.97. The van der Waals surface area contributed by atoms with Gasteiger partial charge < -0.3 is 18.9 Å². The number of allylic oxidation sites excluding steroid dienone is 18. The Labute approximate surface area is 595 Å². The Kier molecular flexibility index (Phi) is 73.2. The summed E-state index contributed by atoms with van der Waals surface area (Å²) >= 11 is 0. The van der Waals surface area contributed by atoms with Crippen molar-refractivity contribution in [3.05, 3.63) is 109 Å². The highest BCUT2D eigenvalue weighted by Crippen LogP contribution is 2.43. The maximum absolute atomic E-state index is 12.9. The van der Waals surface area contributed by atoms with Crippen LogP contribution in [0.4, 0.5) is 0 Å². The second-order valence-corrected chi connectivity index (χ2v) is 29.9. The fraction of sp³-hybridized carbons (Fsp3) is 0.767. The molecule has 0 fully saturated rings. The molecule has 9 nitrogen and oxygen atoms in total. The van der Waals surface area contributed by atoms with Crippen molar-refractivity contribution in [3.63, 3.8) is 0 Å². The molecule has 0 aromatic heterocycles. The van der Waals surface area contributed by atoms with E-state index in [2.05, 4.69) is 123 Å². The first-order valence-corrected chi connectivity index (χ1v) is 42.1. The summed E-state index contributed by atoms with van der Waals surface area (Å²) in [5.74, 6) is -0.787. The van der Waals surface area contributed by atoms with Crippen LogP contribution >= 0.6 is 7.82 Å². The van der Waals surface area contributed by atoms with Gasteiger partial charge in [-0.15, -0.1) is 0 Å². The molecule has 10 heteroatoms. The molecular formula is C86H155NO8P+. The number of phosphoric ester groups is 1. The van der Waals surface area contributed by atoms with E-state index in [1.165, 1.54) is 250 Å². The Bertz CT molecular complexity index is 1990. The number of likely N-dealkylation sites (N-methyl/N-ethyl adjacent to an activating group) is 1. The predicted octanol–water partition coefficient (Wildman–Crippen LogP) is 27.2. The lowest BCUT2D eigenvalue weighted by Gasteiger charge is -2.24. The van der Waals surface area contributed by atoms with Gasteiger partial charge in [-0.1, -0.05) is 367 Å². The third-order valence-corrected chi connectivity index (χ3v) is 18.8. The van der Waals surface area contributed by atoms with Crippen LogP contribution in [0.2, 0.25) is 0 Å². The molecule has 0 bridgehead atoms. The minimum Gasteiger partial charge on any atom is -0.462 e. The second kappa shape index (κ2) is 75.9. The normalized spacial score (nSPS) is 13.6. The zero-order valence-electron chi connectivity index (χ0n) is 63.6. The summed E-state index contributed by atoms with van der Waals surface area (Å²) in [6.45, 7) is 4.36. The molecule has 0 radical (unpaired) electrons. The number of esters is 2. The van der Waals surface area contributed by atoms with Crippen LogP contribution < -0.4 is 0 Å². The number of ether oxygens (including phenoxy) is 2. The van der Waals surface area contributed by atoms with Crippen LogP contribution in [0, 0.1) is 0 Å². The number of carbonyl (C=O) groups excluding carboxylic acids is 2. The maximum atomic E-state index is 12.9. The van der Waals surface area contributed by atoms with Crippen molar-refractivity contribution in [2.24, 2.45) is 0 Å². The summed E-state index contributed by atoms with van der Waals surface area (Å²) in [5.41, 5.74) is 0. The van der Waals surface area contributed by atoms with Gasteiger partial charge in [0.05, 0.1) is 27.7 Å². The number of phosphoric acid groups is 1. The molecule has 0 aliphatic rings. The SMILES string of the molecule is CC/C=C\C/C=C\C/C=C\C/C=C\C/C=C\C/C=C\C/C=C\C/C=C\CCCCCCCCCCCCCCC(=O)OC(COC(=O)CCCCCCCCCCCCCCCCCCCCCCCCC/C=C\CCCCCCCCCC)COP(=O)(O)OCC[N+](C)(C)C. The van der Waals surface area contributed by atoms with E-state index in [-0.39, 0.29) is 32.0 Å². The summed E-state index contributed by atoms with van der Waals surface area (Å²) < 4.78 is 34.8. The van der Waals surface area contributed by atoms with Gasteiger partial charge in [-0.2, -0.15) is 0 Å². The van der Waals surface area contributed by atoms with E-state index in [9.17, 15) is 19.0 Å². The number of hydrogen-bond acceptors (Lipinski definition) is 7. The van der Waals surface area contributed by atoms with Crippen molar-refractivity contribution < 1.29 is 42.1 Å². The first-order valence-electron chi connectivity index (χ1n) is 40.6. The summed E-state index contributed by atoms with van der Waals surface area (Å²) in [6, 6.07) is 0. The topological polar surface area (TPSA) is 108 Å². The summed E-state index contributed by atoms with van der Waals surface area (Å²) in [5, 5.41) is 0. The van der Waals surface area contributed by atoms with Gasteiger partial charge in [0.25, 0.3) is 0 Å². The van der Waals surface area contributed by atoms with Crippen LogP contribution in [0.5, 0.6) is 0 Å². The van der Waals surface area contributed by atoms with Gasteiger partial charge in [0.15, 0.2) is 6.10 Å².